The first-order valence-corrected chi connectivity index (χ1v) is 4.81. The lowest BCUT2D eigenvalue weighted by molar-refractivity contribution is -0.145. The van der Waals surface area contributed by atoms with Crippen molar-refractivity contribution in [2.45, 2.75) is 25.9 Å². The van der Waals surface area contributed by atoms with Crippen LogP contribution in [0.3, 0.4) is 0 Å². The molecule has 1 rings (SSSR count). The fourth-order valence-electron chi connectivity index (χ4n) is 1.08. The second-order valence-electron chi connectivity index (χ2n) is 3.10. The van der Waals surface area contributed by atoms with Crippen LogP contribution in [0, 0.1) is 6.92 Å². The van der Waals surface area contributed by atoms with Crippen LogP contribution in [0.1, 0.15) is 24.8 Å². The second-order valence-corrected chi connectivity index (χ2v) is 3.10. The Morgan fingerprint density at radius 1 is 1.29 bits per heavy atom. The summed E-state index contributed by atoms with van der Waals surface area (Å²) in [4.78, 5) is 11.1. The summed E-state index contributed by atoms with van der Waals surface area (Å²) in [6.07, 6.45) is 2.05. The maximum Gasteiger partial charge on any atom is 0.306 e. The van der Waals surface area contributed by atoms with Gasteiger partial charge in [0.2, 0.25) is 0 Å². The summed E-state index contributed by atoms with van der Waals surface area (Å²) in [5.41, 5.74) is 1.02. The summed E-state index contributed by atoms with van der Waals surface area (Å²) >= 11 is 0. The number of ether oxygens (including phenoxy) is 1. The van der Waals surface area contributed by atoms with E-state index >= 15 is 0 Å². The zero-order valence-electron chi connectivity index (χ0n) is 8.24. The minimum absolute atomic E-state index is 0.141. The lowest BCUT2D eigenvalue weighted by Crippen LogP contribution is -2.03. The highest BCUT2D eigenvalue weighted by atomic mass is 16.5. The average molecular weight is 191 g/mol. The molecule has 0 unspecified atom stereocenters. The predicted molar refractivity (Wildman–Crippen MR) is 55.4 cm³/mol. The van der Waals surface area contributed by atoms with Gasteiger partial charge in [0.25, 0.3) is 0 Å². The van der Waals surface area contributed by atoms with Gasteiger partial charge in [0.1, 0.15) is 6.61 Å². The second kappa shape index (κ2) is 6.19. The normalized spacial score (nSPS) is 9.79. The first kappa shape index (κ1) is 10.8. The number of rotatable bonds is 5. The van der Waals surface area contributed by atoms with Gasteiger partial charge >= 0.3 is 5.97 Å². The number of unbranched alkanes of at least 4 members (excludes halogenated alkanes) is 1. The molecule has 1 radical (unpaired) electrons. The van der Waals surface area contributed by atoms with E-state index in [2.05, 4.69) is 6.92 Å². The molecular weight excluding hydrogens is 176 g/mol. The van der Waals surface area contributed by atoms with Crippen molar-refractivity contribution in [2.24, 2.45) is 0 Å². The third-order valence-corrected chi connectivity index (χ3v) is 1.87. The van der Waals surface area contributed by atoms with Gasteiger partial charge in [-0.25, -0.2) is 0 Å². The monoisotopic (exact) mass is 191 g/mol. The van der Waals surface area contributed by atoms with E-state index in [4.69, 9.17) is 4.74 Å². The molecule has 1 aromatic carbocycles. The minimum atomic E-state index is -0.141. The van der Waals surface area contributed by atoms with Gasteiger partial charge in [0, 0.05) is 6.42 Å². The fourth-order valence-corrected chi connectivity index (χ4v) is 1.08. The van der Waals surface area contributed by atoms with Crippen molar-refractivity contribution < 1.29 is 9.53 Å². The molecule has 0 amide bonds. The van der Waals surface area contributed by atoms with E-state index in [0.29, 0.717) is 13.0 Å². The van der Waals surface area contributed by atoms with Crippen LogP contribution in [-0.2, 0) is 16.1 Å². The summed E-state index contributed by atoms with van der Waals surface area (Å²) in [6, 6.07) is 9.68. The van der Waals surface area contributed by atoms with Crippen LogP contribution in [0.5, 0.6) is 0 Å². The third kappa shape index (κ3) is 4.08. The van der Waals surface area contributed by atoms with E-state index in [0.717, 1.165) is 18.4 Å². The molecule has 1 aromatic rings. The van der Waals surface area contributed by atoms with Gasteiger partial charge in [-0.05, 0) is 12.0 Å². The largest absolute Gasteiger partial charge is 0.461 e. The number of carbonyl (C=O) groups is 1. The molecule has 0 aliphatic carbocycles. The molecule has 0 aromatic heterocycles. The molecule has 2 nitrogen and oxygen atoms in total. The summed E-state index contributed by atoms with van der Waals surface area (Å²) < 4.78 is 5.06. The lowest BCUT2D eigenvalue weighted by atomic mass is 10.2. The molecule has 0 atom stereocenters. The van der Waals surface area contributed by atoms with E-state index in [-0.39, 0.29) is 5.97 Å². The van der Waals surface area contributed by atoms with E-state index in [9.17, 15) is 4.79 Å². The van der Waals surface area contributed by atoms with Crippen molar-refractivity contribution in [3.05, 3.63) is 42.8 Å². The fraction of sp³-hybridized carbons (Fsp3) is 0.333. The van der Waals surface area contributed by atoms with Crippen molar-refractivity contribution >= 4 is 5.97 Å². The van der Waals surface area contributed by atoms with Crippen LogP contribution >= 0.6 is 0 Å². The van der Waals surface area contributed by atoms with Crippen molar-refractivity contribution in [1.82, 2.24) is 0 Å². The number of carbonyl (C=O) groups excluding carboxylic acids is 1. The van der Waals surface area contributed by atoms with Crippen LogP contribution in [0.25, 0.3) is 0 Å². The number of benzene rings is 1. The molecule has 75 valence electrons. The van der Waals surface area contributed by atoms with Gasteiger partial charge in [-0.1, -0.05) is 43.7 Å². The van der Waals surface area contributed by atoms with Crippen molar-refractivity contribution in [1.29, 1.82) is 0 Å². The highest BCUT2D eigenvalue weighted by Gasteiger charge is 2.01. The van der Waals surface area contributed by atoms with Crippen LogP contribution in [-0.4, -0.2) is 5.97 Å². The van der Waals surface area contributed by atoms with Crippen LogP contribution in [0.2, 0.25) is 0 Å². The number of hydrogen-bond acceptors (Lipinski definition) is 2. The lowest BCUT2D eigenvalue weighted by Gasteiger charge is -2.03. The molecule has 0 N–H and O–H groups in total. The van der Waals surface area contributed by atoms with Gasteiger partial charge in [-0.15, -0.1) is 0 Å². The Morgan fingerprint density at radius 2 is 2.00 bits per heavy atom. The first-order valence-electron chi connectivity index (χ1n) is 4.81. The zero-order valence-corrected chi connectivity index (χ0v) is 8.24. The topological polar surface area (TPSA) is 26.3 Å². The first-order chi connectivity index (χ1) is 6.83. The van der Waals surface area contributed by atoms with Crippen LogP contribution in [0.4, 0.5) is 0 Å². The SMILES string of the molecule is [CH2]CCCC(=O)OCc1ccccc1. The van der Waals surface area contributed by atoms with Gasteiger partial charge in [-0.3, -0.25) is 4.79 Å². The van der Waals surface area contributed by atoms with Crippen LogP contribution in [0.15, 0.2) is 30.3 Å². The summed E-state index contributed by atoms with van der Waals surface area (Å²) in [6.45, 7) is 4.04. The number of hydrogen-bond donors (Lipinski definition) is 0. The molecule has 0 fully saturated rings. The predicted octanol–water partition coefficient (Wildman–Crippen LogP) is 2.73. The molecule has 0 aliphatic heterocycles. The Hall–Kier alpha value is -1.31. The minimum Gasteiger partial charge on any atom is -0.461 e. The third-order valence-electron chi connectivity index (χ3n) is 1.87. The Bertz CT molecular complexity index is 267. The van der Waals surface area contributed by atoms with Crippen molar-refractivity contribution in [3.63, 3.8) is 0 Å². The maximum absolute atomic E-state index is 11.1. The van der Waals surface area contributed by atoms with E-state index < -0.39 is 0 Å². The summed E-state index contributed by atoms with van der Waals surface area (Å²) in [5.74, 6) is -0.141. The quantitative estimate of drug-likeness (QED) is 0.669. The summed E-state index contributed by atoms with van der Waals surface area (Å²) in [5, 5.41) is 0. The molecule has 0 saturated heterocycles. The summed E-state index contributed by atoms with van der Waals surface area (Å²) in [7, 11) is 0. The molecule has 0 spiro atoms. The average Bonchev–Trinajstić information content (AvgIpc) is 2.25. The van der Waals surface area contributed by atoms with Crippen molar-refractivity contribution in [3.8, 4) is 0 Å². The Labute approximate surface area is 84.9 Å². The molecule has 0 bridgehead atoms. The van der Waals surface area contributed by atoms with Crippen LogP contribution < -0.4 is 0 Å². The molecule has 0 heterocycles. The maximum atomic E-state index is 11.1. The highest BCUT2D eigenvalue weighted by Crippen LogP contribution is 2.03. The Kier molecular flexibility index (Phi) is 4.76. The van der Waals surface area contributed by atoms with Gasteiger partial charge in [0.05, 0.1) is 0 Å². The van der Waals surface area contributed by atoms with Gasteiger partial charge < -0.3 is 4.74 Å². The smallest absolute Gasteiger partial charge is 0.306 e. The zero-order chi connectivity index (χ0) is 10.2. The molecular formula is C12H15O2. The van der Waals surface area contributed by atoms with Gasteiger partial charge in [0.15, 0.2) is 0 Å². The van der Waals surface area contributed by atoms with Gasteiger partial charge in [-0.2, -0.15) is 0 Å². The van der Waals surface area contributed by atoms with E-state index in [1.54, 1.807) is 0 Å². The Balaban J connectivity index is 2.24. The Morgan fingerprint density at radius 3 is 2.64 bits per heavy atom. The van der Waals surface area contributed by atoms with Crippen molar-refractivity contribution in [2.75, 3.05) is 0 Å². The van der Waals surface area contributed by atoms with E-state index in [1.807, 2.05) is 30.3 Å². The highest BCUT2D eigenvalue weighted by molar-refractivity contribution is 5.69. The van der Waals surface area contributed by atoms with E-state index in [1.165, 1.54) is 0 Å². The standard InChI is InChI=1S/C12H15O2/c1-2-3-9-12(13)14-10-11-7-5-4-6-8-11/h4-8H,1-3,9-10H2. The molecule has 0 aliphatic rings. The number of esters is 1. The molecule has 14 heavy (non-hydrogen) atoms. The molecule has 0 saturated carbocycles. The molecule has 2 heteroatoms.